The van der Waals surface area contributed by atoms with Crippen molar-refractivity contribution >= 4 is 41.8 Å². The minimum absolute atomic E-state index is 0.135. The largest absolute Gasteiger partial charge is 0.467 e. The van der Waals surface area contributed by atoms with Crippen LogP contribution in [0.1, 0.15) is 48.0 Å². The molecule has 0 radical (unpaired) electrons. The first-order valence-electron chi connectivity index (χ1n) is 13.3. The lowest BCUT2D eigenvalue weighted by Gasteiger charge is -2.47. The number of carbonyl (C=O) groups excluding carboxylic acids is 7. The minimum Gasteiger partial charge on any atom is -0.467 e. The normalized spacial score (nSPS) is 26.5. The molecule has 2 heterocycles. The van der Waals surface area contributed by atoms with Crippen LogP contribution in [0.5, 0.6) is 0 Å². The van der Waals surface area contributed by atoms with Crippen molar-refractivity contribution in [3.05, 3.63) is 12.2 Å². The van der Waals surface area contributed by atoms with E-state index in [1.807, 2.05) is 0 Å². The summed E-state index contributed by atoms with van der Waals surface area (Å²) in [6.07, 6.45) is -9.46. The summed E-state index contributed by atoms with van der Waals surface area (Å²) in [6.45, 7) is 7.11. The van der Waals surface area contributed by atoms with Crippen LogP contribution in [0.4, 0.5) is 9.59 Å². The molecule has 0 bridgehead atoms. The predicted octanol–water partition coefficient (Wildman–Crippen LogP) is 0.772. The highest BCUT2D eigenvalue weighted by Crippen LogP contribution is 2.33. The Morgan fingerprint density at radius 2 is 1.23 bits per heavy atom. The minimum atomic E-state index is -1.71. The lowest BCUT2D eigenvalue weighted by atomic mass is 9.94. The molecular weight excluding hydrogens is 580 g/mol. The average molecular weight is 617 g/mol. The molecule has 0 saturated carbocycles. The number of rotatable bonds is 10. The van der Waals surface area contributed by atoms with Crippen molar-refractivity contribution in [2.24, 2.45) is 0 Å². The van der Waals surface area contributed by atoms with E-state index in [0.29, 0.717) is 10.0 Å². The van der Waals surface area contributed by atoms with Crippen molar-refractivity contribution in [2.75, 3.05) is 20.3 Å². The number of nitrogens with zero attached hydrogens (tertiary/aromatic N) is 2. The Bertz CT molecular complexity index is 1110. The van der Waals surface area contributed by atoms with E-state index in [2.05, 4.69) is 0 Å². The number of hydrogen-bond acceptors (Lipinski definition) is 15. The van der Waals surface area contributed by atoms with Crippen LogP contribution in [0.2, 0.25) is 0 Å². The maximum Gasteiger partial charge on any atom is 0.431 e. The number of esters is 4. The van der Waals surface area contributed by atoms with Crippen LogP contribution in [0, 0.1) is 0 Å². The fourth-order valence-corrected chi connectivity index (χ4v) is 4.34. The van der Waals surface area contributed by atoms with E-state index in [1.165, 1.54) is 32.9 Å². The van der Waals surface area contributed by atoms with Crippen molar-refractivity contribution < 1.29 is 71.5 Å². The van der Waals surface area contributed by atoms with Gasteiger partial charge in [0.15, 0.2) is 30.6 Å². The fourth-order valence-electron chi connectivity index (χ4n) is 4.34. The molecule has 0 spiro atoms. The predicted molar refractivity (Wildman–Crippen MR) is 138 cm³/mol. The van der Waals surface area contributed by atoms with Crippen molar-refractivity contribution in [1.82, 2.24) is 10.0 Å². The van der Waals surface area contributed by atoms with E-state index in [4.69, 9.17) is 37.9 Å². The van der Waals surface area contributed by atoms with E-state index >= 15 is 0 Å². The molecule has 2 aliphatic rings. The Kier molecular flexibility index (Phi) is 12.9. The van der Waals surface area contributed by atoms with E-state index in [-0.39, 0.29) is 19.6 Å². The van der Waals surface area contributed by atoms with Crippen LogP contribution in [0.25, 0.3) is 0 Å². The molecule has 17 nitrogen and oxygen atoms in total. The third-order valence-electron chi connectivity index (χ3n) is 5.81. The standard InChI is InChI=1S/C26H36N2O15/c1-8-37-25(34)27-17(23(33)36-7)10-11-19(28(27)26(35)38-9-2)43-24-22(41-16(6)32)21(40-15(5)31)20(39-14(4)30)18(42-24)12-13(3)29/h10-11,17-22,24H,8-9,12H2,1-7H3/t17-,18+,19-,20+,21-,22+,24-/m0/s1. The molecule has 0 aliphatic carbocycles. The molecule has 0 aromatic heterocycles. The van der Waals surface area contributed by atoms with Gasteiger partial charge in [0.05, 0.1) is 20.3 Å². The molecule has 0 N–H and O–H groups in total. The molecule has 17 heteroatoms. The monoisotopic (exact) mass is 616 g/mol. The second-order valence-corrected chi connectivity index (χ2v) is 9.14. The second-order valence-electron chi connectivity index (χ2n) is 9.14. The number of Topliss-reactive ketones (excluding diaryl/α,β-unsaturated/α-hetero) is 1. The van der Waals surface area contributed by atoms with Crippen LogP contribution >= 0.6 is 0 Å². The molecule has 1 saturated heterocycles. The summed E-state index contributed by atoms with van der Waals surface area (Å²) < 4.78 is 42.9. The van der Waals surface area contributed by atoms with Gasteiger partial charge in [-0.3, -0.25) is 19.2 Å². The van der Waals surface area contributed by atoms with Gasteiger partial charge in [0, 0.05) is 27.2 Å². The number of ketones is 1. The fraction of sp³-hybridized carbons (Fsp3) is 0.654. The molecule has 2 amide bonds. The maximum atomic E-state index is 13.2. The average Bonchev–Trinajstić information content (AvgIpc) is 2.91. The number of ether oxygens (including phenoxy) is 8. The highest BCUT2D eigenvalue weighted by Gasteiger charge is 2.54. The van der Waals surface area contributed by atoms with Gasteiger partial charge in [-0.05, 0) is 32.9 Å². The second kappa shape index (κ2) is 15.8. The van der Waals surface area contributed by atoms with Crippen molar-refractivity contribution in [3.63, 3.8) is 0 Å². The highest BCUT2D eigenvalue weighted by molar-refractivity contribution is 5.85. The molecule has 43 heavy (non-hydrogen) atoms. The van der Waals surface area contributed by atoms with Gasteiger partial charge in [-0.25, -0.2) is 14.4 Å². The van der Waals surface area contributed by atoms with E-state index in [1.54, 1.807) is 0 Å². The quantitative estimate of drug-likeness (QED) is 0.189. The van der Waals surface area contributed by atoms with Crippen LogP contribution < -0.4 is 0 Å². The molecule has 240 valence electrons. The molecule has 2 aliphatic heterocycles. The first kappa shape index (κ1) is 34.9. The zero-order valence-corrected chi connectivity index (χ0v) is 24.8. The Morgan fingerprint density at radius 1 is 0.721 bits per heavy atom. The van der Waals surface area contributed by atoms with Gasteiger partial charge in [0.1, 0.15) is 11.9 Å². The topological polar surface area (TPSA) is 200 Å². The molecule has 0 unspecified atom stereocenters. The first-order chi connectivity index (χ1) is 20.2. The Morgan fingerprint density at radius 3 is 1.72 bits per heavy atom. The molecule has 0 aromatic rings. The van der Waals surface area contributed by atoms with E-state index in [0.717, 1.165) is 27.9 Å². The molecule has 1 fully saturated rings. The summed E-state index contributed by atoms with van der Waals surface area (Å²) in [5, 5.41) is 1.23. The lowest BCUT2D eigenvalue weighted by molar-refractivity contribution is -0.323. The number of hydrogen-bond donors (Lipinski definition) is 0. The van der Waals surface area contributed by atoms with Gasteiger partial charge in [-0.1, -0.05) is 0 Å². The van der Waals surface area contributed by atoms with Crippen LogP contribution in [-0.4, -0.2) is 115 Å². The summed E-state index contributed by atoms with van der Waals surface area (Å²) in [7, 11) is 1.07. The third kappa shape index (κ3) is 9.12. The Balaban J connectivity index is 2.67. The number of hydrazine groups is 1. The first-order valence-corrected chi connectivity index (χ1v) is 13.3. The van der Waals surface area contributed by atoms with Gasteiger partial charge in [-0.15, -0.1) is 0 Å². The summed E-state index contributed by atoms with van der Waals surface area (Å²) in [5.41, 5.74) is 0. The third-order valence-corrected chi connectivity index (χ3v) is 5.81. The van der Waals surface area contributed by atoms with Gasteiger partial charge in [-0.2, -0.15) is 10.0 Å². The maximum absolute atomic E-state index is 13.2. The van der Waals surface area contributed by atoms with Crippen molar-refractivity contribution in [1.29, 1.82) is 0 Å². The van der Waals surface area contributed by atoms with Gasteiger partial charge in [0.25, 0.3) is 0 Å². The molecule has 2 rings (SSSR count). The smallest absolute Gasteiger partial charge is 0.431 e. The molecule has 7 atom stereocenters. The Hall–Kier alpha value is -4.25. The Labute approximate surface area is 247 Å². The van der Waals surface area contributed by atoms with Gasteiger partial charge in [0.2, 0.25) is 6.29 Å². The molecule has 0 aromatic carbocycles. The van der Waals surface area contributed by atoms with Crippen LogP contribution in [-0.2, 0) is 61.9 Å². The van der Waals surface area contributed by atoms with Crippen LogP contribution in [0.3, 0.4) is 0 Å². The zero-order valence-electron chi connectivity index (χ0n) is 24.8. The van der Waals surface area contributed by atoms with Crippen LogP contribution in [0.15, 0.2) is 12.2 Å². The number of amides is 2. The number of methoxy groups -OCH3 is 1. The molecular formula is C26H36N2O15. The van der Waals surface area contributed by atoms with Crippen molar-refractivity contribution in [3.8, 4) is 0 Å². The lowest BCUT2D eigenvalue weighted by Crippen LogP contribution is -2.66. The highest BCUT2D eigenvalue weighted by atomic mass is 16.7. The summed E-state index contributed by atoms with van der Waals surface area (Å²) >= 11 is 0. The summed E-state index contributed by atoms with van der Waals surface area (Å²) in [4.78, 5) is 87.0. The SMILES string of the molecule is CCOC(=O)N1[C@@H](O[C@@H]2O[C@H](CC(C)=O)[C@@H](OC(C)=O)[C@H](OC(C)=O)[C@H]2OC(C)=O)C=C[C@@H](C(=O)OC)N1C(=O)OCC. The number of carbonyl (C=O) groups is 7. The van der Waals surface area contributed by atoms with Gasteiger partial charge < -0.3 is 37.9 Å². The van der Waals surface area contributed by atoms with Gasteiger partial charge >= 0.3 is 36.1 Å². The van der Waals surface area contributed by atoms with Crippen molar-refractivity contribution in [2.45, 2.75) is 90.9 Å². The van der Waals surface area contributed by atoms with E-state index in [9.17, 15) is 33.6 Å². The van der Waals surface area contributed by atoms with E-state index < -0.39 is 84.8 Å². The summed E-state index contributed by atoms with van der Waals surface area (Å²) in [6, 6.07) is -1.49. The zero-order chi connectivity index (χ0) is 32.4. The summed E-state index contributed by atoms with van der Waals surface area (Å²) in [5.74, 6) is -3.91.